The number of aromatic nitrogens is 3. The Labute approximate surface area is 183 Å². The third kappa shape index (κ3) is 6.22. The molecule has 2 saturated heterocycles. The Bertz CT molecular complexity index is 617. The molecule has 3 heterocycles. The highest BCUT2D eigenvalue weighted by Gasteiger charge is 2.40. The highest BCUT2D eigenvalue weighted by molar-refractivity contribution is 14.0. The molecule has 0 radical (unpaired) electrons. The van der Waals surface area contributed by atoms with Gasteiger partial charge >= 0.3 is 0 Å². The molecule has 2 atom stereocenters. The lowest BCUT2D eigenvalue weighted by molar-refractivity contribution is -0.0679. The highest BCUT2D eigenvalue weighted by atomic mass is 127. The minimum absolute atomic E-state index is 0. The maximum atomic E-state index is 6.14. The van der Waals surface area contributed by atoms with Gasteiger partial charge in [-0.3, -0.25) is 0 Å². The maximum absolute atomic E-state index is 6.14. The average Bonchev–Trinajstić information content (AvgIpc) is 3.21. The van der Waals surface area contributed by atoms with Crippen molar-refractivity contribution in [3.63, 3.8) is 0 Å². The molecule has 0 amide bonds. The summed E-state index contributed by atoms with van der Waals surface area (Å²) in [5, 5.41) is 15.5. The van der Waals surface area contributed by atoms with E-state index in [1.165, 1.54) is 18.6 Å². The molecule has 1 spiro atoms. The van der Waals surface area contributed by atoms with E-state index >= 15 is 0 Å². The van der Waals surface area contributed by atoms with Crippen LogP contribution >= 0.6 is 35.7 Å². The van der Waals surface area contributed by atoms with Gasteiger partial charge in [0.25, 0.3) is 0 Å². The van der Waals surface area contributed by atoms with Crippen molar-refractivity contribution in [3.8, 4) is 0 Å². The summed E-state index contributed by atoms with van der Waals surface area (Å²) < 4.78 is 8.13. The summed E-state index contributed by atoms with van der Waals surface area (Å²) >= 11 is 2.01. The predicted molar refractivity (Wildman–Crippen MR) is 122 cm³/mol. The Balaban J connectivity index is 0.00000261. The number of hydrogen-bond acceptors (Lipinski definition) is 5. The van der Waals surface area contributed by atoms with Crippen LogP contribution in [-0.2, 0) is 18.3 Å². The monoisotopic (exact) mass is 508 g/mol. The van der Waals surface area contributed by atoms with Gasteiger partial charge in [0, 0.05) is 32.0 Å². The van der Waals surface area contributed by atoms with Crippen LogP contribution in [0.3, 0.4) is 0 Å². The zero-order valence-corrected chi connectivity index (χ0v) is 19.8. The summed E-state index contributed by atoms with van der Waals surface area (Å²) in [7, 11) is 1.98. The molecule has 27 heavy (non-hydrogen) atoms. The number of aryl methyl sites for hydroxylation is 1. The molecule has 0 saturated carbocycles. The van der Waals surface area contributed by atoms with Crippen LogP contribution in [-0.4, -0.2) is 57.0 Å². The zero-order chi connectivity index (χ0) is 18.4. The third-order valence-electron chi connectivity index (χ3n) is 5.29. The molecule has 0 aliphatic carbocycles. The lowest BCUT2D eigenvalue weighted by Gasteiger charge is -2.38. The van der Waals surface area contributed by atoms with Crippen molar-refractivity contribution in [2.24, 2.45) is 12.0 Å². The molecule has 0 aromatic carbocycles. The van der Waals surface area contributed by atoms with Gasteiger partial charge in [0.2, 0.25) is 0 Å². The van der Waals surface area contributed by atoms with Crippen molar-refractivity contribution >= 4 is 41.7 Å². The number of ether oxygens (including phenoxy) is 1. The van der Waals surface area contributed by atoms with E-state index in [-0.39, 0.29) is 29.6 Å². The van der Waals surface area contributed by atoms with Crippen LogP contribution in [0.15, 0.2) is 4.99 Å². The van der Waals surface area contributed by atoms with E-state index in [0.29, 0.717) is 12.6 Å². The number of guanidine groups is 1. The highest BCUT2D eigenvalue weighted by Crippen LogP contribution is 2.38. The minimum Gasteiger partial charge on any atom is -0.374 e. The quantitative estimate of drug-likeness (QED) is 0.266. The van der Waals surface area contributed by atoms with E-state index in [2.05, 4.69) is 27.8 Å². The van der Waals surface area contributed by atoms with E-state index in [1.807, 2.05) is 30.3 Å². The minimum atomic E-state index is 0. The second-order valence-corrected chi connectivity index (χ2v) is 8.44. The lowest BCUT2D eigenvalue weighted by atomic mass is 9.90. The molecular weight excluding hydrogens is 475 g/mol. The number of nitrogens with one attached hydrogen (secondary N) is 2. The molecule has 2 unspecified atom stereocenters. The molecule has 2 fully saturated rings. The standard InChI is InChI=1S/C18H32N6OS.HI/c1-4-5-8-19-17(20-12-16-23-22-14(2)24(16)3)21-15-6-9-25-18(11-15)7-10-26-13-18;/h15H,4-13H2,1-3H3,(H2,19,20,21);1H. The number of aliphatic imine (C=N–C) groups is 1. The van der Waals surface area contributed by atoms with Gasteiger partial charge in [0.15, 0.2) is 11.8 Å². The molecule has 1 aromatic heterocycles. The van der Waals surface area contributed by atoms with Crippen molar-refractivity contribution in [1.82, 2.24) is 25.4 Å². The third-order valence-corrected chi connectivity index (χ3v) is 6.51. The zero-order valence-electron chi connectivity index (χ0n) is 16.7. The van der Waals surface area contributed by atoms with Gasteiger partial charge < -0.3 is 19.9 Å². The molecule has 0 bridgehead atoms. The van der Waals surface area contributed by atoms with E-state index in [9.17, 15) is 0 Å². The SMILES string of the molecule is CCCCNC(=NCc1nnc(C)n1C)NC1CCOC2(CCSC2)C1.I. The maximum Gasteiger partial charge on any atom is 0.191 e. The van der Waals surface area contributed by atoms with Crippen LogP contribution in [0.2, 0.25) is 0 Å². The molecule has 7 nitrogen and oxygen atoms in total. The Morgan fingerprint density at radius 3 is 2.96 bits per heavy atom. The fraction of sp³-hybridized carbons (Fsp3) is 0.833. The molecule has 2 N–H and O–H groups in total. The average molecular weight is 508 g/mol. The summed E-state index contributed by atoms with van der Waals surface area (Å²) in [6, 6.07) is 0.413. The number of hydrogen-bond donors (Lipinski definition) is 2. The topological polar surface area (TPSA) is 76.4 Å². The van der Waals surface area contributed by atoms with Crippen LogP contribution in [0.1, 0.15) is 50.7 Å². The summed E-state index contributed by atoms with van der Waals surface area (Å²) in [6.07, 6.45) is 5.57. The summed E-state index contributed by atoms with van der Waals surface area (Å²) in [4.78, 5) is 4.77. The smallest absolute Gasteiger partial charge is 0.191 e. The first-order valence-corrected chi connectivity index (χ1v) is 10.9. The largest absolute Gasteiger partial charge is 0.374 e. The first kappa shape index (κ1) is 22.7. The fourth-order valence-electron chi connectivity index (χ4n) is 3.48. The van der Waals surface area contributed by atoms with Gasteiger partial charge in [-0.25, -0.2) is 4.99 Å². The van der Waals surface area contributed by atoms with Crippen molar-refractivity contribution in [2.45, 2.75) is 64.1 Å². The van der Waals surface area contributed by atoms with Gasteiger partial charge in [0.05, 0.1) is 5.60 Å². The van der Waals surface area contributed by atoms with Gasteiger partial charge in [-0.1, -0.05) is 13.3 Å². The molecule has 2 aliphatic heterocycles. The fourth-order valence-corrected chi connectivity index (χ4v) is 4.86. The van der Waals surface area contributed by atoms with Gasteiger partial charge in [0.1, 0.15) is 12.4 Å². The van der Waals surface area contributed by atoms with E-state index in [1.54, 1.807) is 0 Å². The first-order chi connectivity index (χ1) is 12.6. The normalized spacial score (nSPS) is 25.4. The van der Waals surface area contributed by atoms with Gasteiger partial charge in [-0.2, -0.15) is 11.8 Å². The lowest BCUT2D eigenvalue weighted by Crippen LogP contribution is -2.51. The second-order valence-electron chi connectivity index (χ2n) is 7.34. The molecule has 9 heteroatoms. The summed E-state index contributed by atoms with van der Waals surface area (Å²) in [6.45, 7) is 6.46. The molecule has 1 aromatic rings. The number of thioether (sulfide) groups is 1. The number of rotatable bonds is 6. The summed E-state index contributed by atoms with van der Waals surface area (Å²) in [5.41, 5.74) is 0.0792. The number of halogens is 1. The van der Waals surface area contributed by atoms with Crippen LogP contribution in [0.5, 0.6) is 0 Å². The number of nitrogens with zero attached hydrogens (tertiary/aromatic N) is 4. The van der Waals surface area contributed by atoms with Crippen molar-refractivity contribution in [2.75, 3.05) is 24.7 Å². The van der Waals surface area contributed by atoms with E-state index in [4.69, 9.17) is 9.73 Å². The molecular formula is C18H33IN6OS. The second kappa shape index (κ2) is 10.8. The van der Waals surface area contributed by atoms with Crippen molar-refractivity contribution < 1.29 is 4.74 Å². The Hall–Kier alpha value is -0.550. The molecule has 3 rings (SSSR count). The predicted octanol–water partition coefficient (Wildman–Crippen LogP) is 2.63. The Morgan fingerprint density at radius 2 is 2.30 bits per heavy atom. The van der Waals surface area contributed by atoms with E-state index < -0.39 is 0 Å². The summed E-state index contributed by atoms with van der Waals surface area (Å²) in [5.74, 6) is 5.02. The molecule has 2 aliphatic rings. The van der Waals surface area contributed by atoms with Crippen LogP contribution in [0.25, 0.3) is 0 Å². The van der Waals surface area contributed by atoms with Gasteiger partial charge in [-0.15, -0.1) is 34.2 Å². The molecule has 154 valence electrons. The first-order valence-electron chi connectivity index (χ1n) is 9.73. The van der Waals surface area contributed by atoms with Crippen molar-refractivity contribution in [1.29, 1.82) is 0 Å². The van der Waals surface area contributed by atoms with E-state index in [0.717, 1.165) is 55.8 Å². The van der Waals surface area contributed by atoms with Gasteiger partial charge in [-0.05, 0) is 38.4 Å². The Morgan fingerprint density at radius 1 is 1.44 bits per heavy atom. The van der Waals surface area contributed by atoms with Crippen LogP contribution in [0.4, 0.5) is 0 Å². The van der Waals surface area contributed by atoms with Crippen molar-refractivity contribution in [3.05, 3.63) is 11.6 Å². The van der Waals surface area contributed by atoms with Crippen LogP contribution in [0, 0.1) is 6.92 Å². The Kier molecular flexibility index (Phi) is 9.13. The van der Waals surface area contributed by atoms with Crippen LogP contribution < -0.4 is 10.6 Å². The number of unbranched alkanes of at least 4 members (excludes halogenated alkanes) is 1.